The lowest BCUT2D eigenvalue weighted by Crippen LogP contribution is -2.19. The number of hydrogen-bond donors (Lipinski definition) is 1. The summed E-state index contributed by atoms with van der Waals surface area (Å²) in [5.74, 6) is 0.277. The summed E-state index contributed by atoms with van der Waals surface area (Å²) in [4.78, 5) is 16.3. The summed E-state index contributed by atoms with van der Waals surface area (Å²) in [5, 5.41) is 9.80. The number of rotatable bonds is 1. The molecule has 0 saturated heterocycles. The molecule has 2 aromatic heterocycles. The molecule has 1 aromatic carbocycles. The quantitative estimate of drug-likeness (QED) is 0.666. The molecule has 0 bridgehead atoms. The number of nitrogens with one attached hydrogen (secondary N) is 1. The van der Waals surface area contributed by atoms with Crippen LogP contribution in [0.15, 0.2) is 35.1 Å². The van der Waals surface area contributed by atoms with Gasteiger partial charge in [-0.1, -0.05) is 35.4 Å². The normalized spacial score (nSPS) is 10.9. The molecule has 0 fully saturated rings. The monoisotopic (exact) mass is 227 g/mol. The van der Waals surface area contributed by atoms with E-state index in [9.17, 15) is 4.79 Å². The second kappa shape index (κ2) is 3.51. The van der Waals surface area contributed by atoms with E-state index in [0.717, 1.165) is 5.56 Å². The van der Waals surface area contributed by atoms with Crippen molar-refractivity contribution in [2.45, 2.75) is 6.92 Å². The van der Waals surface area contributed by atoms with Gasteiger partial charge in [0.15, 0.2) is 0 Å². The van der Waals surface area contributed by atoms with Crippen LogP contribution in [0.3, 0.4) is 0 Å². The van der Waals surface area contributed by atoms with E-state index in [2.05, 4.69) is 20.5 Å². The van der Waals surface area contributed by atoms with Crippen LogP contribution in [0.5, 0.6) is 0 Å². The summed E-state index contributed by atoms with van der Waals surface area (Å²) in [6.07, 6.45) is 0. The Hall–Kier alpha value is -2.50. The molecule has 0 aliphatic carbocycles. The lowest BCUT2D eigenvalue weighted by atomic mass is 10.1. The zero-order valence-corrected chi connectivity index (χ0v) is 9.08. The first kappa shape index (κ1) is 9.71. The van der Waals surface area contributed by atoms with Crippen molar-refractivity contribution >= 4 is 5.78 Å². The summed E-state index contributed by atoms with van der Waals surface area (Å²) in [6, 6.07) is 9.54. The van der Waals surface area contributed by atoms with Crippen molar-refractivity contribution in [2.24, 2.45) is 0 Å². The first-order valence-electron chi connectivity index (χ1n) is 5.13. The third-order valence-corrected chi connectivity index (χ3v) is 2.62. The summed E-state index contributed by atoms with van der Waals surface area (Å²) in [7, 11) is 0. The van der Waals surface area contributed by atoms with Gasteiger partial charge in [-0.3, -0.25) is 4.79 Å². The Labute approximate surface area is 95.9 Å². The van der Waals surface area contributed by atoms with Gasteiger partial charge in [0.05, 0.1) is 5.69 Å². The molecule has 3 aromatic rings. The Morgan fingerprint density at radius 3 is 2.76 bits per heavy atom. The van der Waals surface area contributed by atoms with Gasteiger partial charge in [0.25, 0.3) is 11.3 Å². The summed E-state index contributed by atoms with van der Waals surface area (Å²) in [5.41, 5.74) is 1.93. The van der Waals surface area contributed by atoms with Crippen LogP contribution in [0.2, 0.25) is 0 Å². The zero-order chi connectivity index (χ0) is 11.8. The molecule has 84 valence electrons. The van der Waals surface area contributed by atoms with Crippen molar-refractivity contribution < 1.29 is 0 Å². The Balaban J connectivity index is 2.38. The lowest BCUT2D eigenvalue weighted by Gasteiger charge is -2.03. The highest BCUT2D eigenvalue weighted by atomic mass is 16.1. The van der Waals surface area contributed by atoms with E-state index in [4.69, 9.17) is 0 Å². The summed E-state index contributed by atoms with van der Waals surface area (Å²) in [6.45, 7) is 1.74. The average Bonchev–Trinajstić information content (AvgIpc) is 2.83. The fourth-order valence-corrected chi connectivity index (χ4v) is 1.74. The smallest absolute Gasteiger partial charge is 0.267 e. The molecule has 17 heavy (non-hydrogen) atoms. The minimum atomic E-state index is -0.182. The van der Waals surface area contributed by atoms with Crippen LogP contribution in [-0.2, 0) is 0 Å². The summed E-state index contributed by atoms with van der Waals surface area (Å²) < 4.78 is 1.22. The Kier molecular flexibility index (Phi) is 2.01. The molecule has 6 heteroatoms. The van der Waals surface area contributed by atoms with Crippen molar-refractivity contribution in [3.05, 3.63) is 46.2 Å². The van der Waals surface area contributed by atoms with Gasteiger partial charge in [-0.15, -0.1) is 0 Å². The van der Waals surface area contributed by atoms with Crippen LogP contribution >= 0.6 is 0 Å². The van der Waals surface area contributed by atoms with E-state index >= 15 is 0 Å². The highest BCUT2D eigenvalue weighted by molar-refractivity contribution is 5.63. The molecule has 0 radical (unpaired) electrons. The van der Waals surface area contributed by atoms with Gasteiger partial charge in [0.1, 0.15) is 0 Å². The standard InChI is InChI=1S/C11H9N5O/c1-7-9(8-5-3-2-4-6-8)12-11-13-14-15-16(11)10(7)17/h2-6H,1H3,(H,12,13,15). The topological polar surface area (TPSA) is 75.9 Å². The fourth-order valence-electron chi connectivity index (χ4n) is 1.74. The van der Waals surface area contributed by atoms with E-state index in [0.29, 0.717) is 11.3 Å². The third kappa shape index (κ3) is 1.42. The van der Waals surface area contributed by atoms with Crippen LogP contribution in [0.25, 0.3) is 17.0 Å². The van der Waals surface area contributed by atoms with E-state index in [1.54, 1.807) is 6.92 Å². The first-order valence-corrected chi connectivity index (χ1v) is 5.13. The fraction of sp³-hybridized carbons (Fsp3) is 0.0909. The molecular weight excluding hydrogens is 218 g/mol. The number of H-pyrrole nitrogens is 1. The number of nitrogens with zero attached hydrogens (tertiary/aromatic N) is 4. The molecule has 0 aliphatic heterocycles. The number of benzene rings is 1. The number of fused-ring (bicyclic) bond motifs is 1. The molecule has 0 aliphatic rings. The minimum absolute atomic E-state index is 0.182. The maximum atomic E-state index is 12.0. The van der Waals surface area contributed by atoms with Crippen molar-refractivity contribution in [3.8, 4) is 11.3 Å². The van der Waals surface area contributed by atoms with Crippen LogP contribution < -0.4 is 5.56 Å². The predicted molar refractivity (Wildman–Crippen MR) is 61.6 cm³/mol. The molecule has 0 spiro atoms. The molecule has 2 heterocycles. The lowest BCUT2D eigenvalue weighted by molar-refractivity contribution is 0.796. The second-order valence-corrected chi connectivity index (χ2v) is 3.69. The highest BCUT2D eigenvalue weighted by Crippen LogP contribution is 2.18. The molecule has 1 N–H and O–H groups in total. The molecule has 3 rings (SSSR count). The predicted octanol–water partition coefficient (Wildman–Crippen LogP) is 0.788. The van der Waals surface area contributed by atoms with Gasteiger partial charge in [-0.05, 0) is 12.1 Å². The van der Waals surface area contributed by atoms with Crippen molar-refractivity contribution in [1.29, 1.82) is 0 Å². The Bertz CT molecular complexity index is 728. The molecule has 0 saturated carbocycles. The van der Waals surface area contributed by atoms with E-state index in [1.165, 1.54) is 4.52 Å². The van der Waals surface area contributed by atoms with Crippen molar-refractivity contribution in [3.63, 3.8) is 0 Å². The van der Waals surface area contributed by atoms with Gasteiger partial charge in [-0.25, -0.2) is 4.98 Å². The van der Waals surface area contributed by atoms with Gasteiger partial charge in [0, 0.05) is 11.1 Å². The maximum absolute atomic E-state index is 12.0. The van der Waals surface area contributed by atoms with Crippen LogP contribution in [0, 0.1) is 6.92 Å². The molecule has 0 unspecified atom stereocenters. The SMILES string of the molecule is Cc1c(-c2ccccc2)nc2nn[nH]n2c1=O. The van der Waals surface area contributed by atoms with Gasteiger partial charge < -0.3 is 0 Å². The van der Waals surface area contributed by atoms with Gasteiger partial charge in [0.2, 0.25) is 0 Å². The highest BCUT2D eigenvalue weighted by Gasteiger charge is 2.11. The first-order chi connectivity index (χ1) is 8.27. The van der Waals surface area contributed by atoms with E-state index in [1.807, 2.05) is 30.3 Å². The number of aromatic amines is 1. The number of hydrogen-bond acceptors (Lipinski definition) is 4. The van der Waals surface area contributed by atoms with E-state index in [-0.39, 0.29) is 11.3 Å². The largest absolute Gasteiger partial charge is 0.278 e. The number of aromatic nitrogens is 5. The zero-order valence-electron chi connectivity index (χ0n) is 9.08. The van der Waals surface area contributed by atoms with Gasteiger partial charge in [-0.2, -0.15) is 9.73 Å². The average molecular weight is 227 g/mol. The molecule has 0 amide bonds. The van der Waals surface area contributed by atoms with E-state index < -0.39 is 0 Å². The third-order valence-electron chi connectivity index (χ3n) is 2.62. The van der Waals surface area contributed by atoms with Crippen molar-refractivity contribution in [2.75, 3.05) is 0 Å². The Morgan fingerprint density at radius 2 is 2.00 bits per heavy atom. The Morgan fingerprint density at radius 1 is 1.24 bits per heavy atom. The molecule has 6 nitrogen and oxygen atoms in total. The molecular formula is C11H9N5O. The second-order valence-electron chi connectivity index (χ2n) is 3.69. The maximum Gasteiger partial charge on any atom is 0.278 e. The summed E-state index contributed by atoms with van der Waals surface area (Å²) >= 11 is 0. The molecule has 0 atom stereocenters. The van der Waals surface area contributed by atoms with Crippen LogP contribution in [0.4, 0.5) is 0 Å². The minimum Gasteiger partial charge on any atom is -0.267 e. The van der Waals surface area contributed by atoms with Crippen LogP contribution in [-0.4, -0.2) is 25.0 Å². The number of tetrazole rings is 1. The van der Waals surface area contributed by atoms with Gasteiger partial charge >= 0.3 is 0 Å². The van der Waals surface area contributed by atoms with Crippen molar-refractivity contribution in [1.82, 2.24) is 25.0 Å². The van der Waals surface area contributed by atoms with Crippen LogP contribution in [0.1, 0.15) is 5.56 Å².